The smallest absolute Gasteiger partial charge is 0.271 e. The van der Waals surface area contributed by atoms with Crippen LogP contribution in [0.25, 0.3) is 0 Å². The van der Waals surface area contributed by atoms with Crippen molar-refractivity contribution >= 4 is 11.8 Å². The molecule has 1 aliphatic heterocycles. The number of carbonyl (C=O) groups excluding carboxylic acids is 2. The van der Waals surface area contributed by atoms with E-state index >= 15 is 0 Å². The number of hydrogen-bond donors (Lipinski definition) is 1. The predicted molar refractivity (Wildman–Crippen MR) is 89.3 cm³/mol. The molecule has 1 fully saturated rings. The third-order valence-corrected chi connectivity index (χ3v) is 4.54. The maximum Gasteiger partial charge on any atom is 0.271 e. The molecule has 1 aromatic heterocycles. The second-order valence-corrected chi connectivity index (χ2v) is 7.14. The summed E-state index contributed by atoms with van der Waals surface area (Å²) in [4.78, 5) is 32.3. The molecule has 6 heteroatoms. The normalized spacial score (nSPS) is 20.3. The van der Waals surface area contributed by atoms with Crippen molar-refractivity contribution in [2.45, 2.75) is 33.2 Å². The van der Waals surface area contributed by atoms with Crippen molar-refractivity contribution in [2.24, 2.45) is 11.1 Å². The number of hydrogen-bond acceptors (Lipinski definition) is 4. The molecule has 1 unspecified atom stereocenters. The molecule has 0 bridgehead atoms. The summed E-state index contributed by atoms with van der Waals surface area (Å²) in [6.07, 6.45) is 0.794. The second-order valence-electron chi connectivity index (χ2n) is 7.14. The molecule has 0 radical (unpaired) electrons. The highest BCUT2D eigenvalue weighted by atomic mass is 16.2. The number of aromatic nitrogens is 1. The number of pyridine rings is 1. The van der Waals surface area contributed by atoms with Crippen LogP contribution in [0.3, 0.4) is 0 Å². The Kier molecular flexibility index (Phi) is 4.75. The summed E-state index contributed by atoms with van der Waals surface area (Å²) < 4.78 is 0. The average molecular weight is 318 g/mol. The predicted octanol–water partition coefficient (Wildman–Crippen LogP) is 1.29. The lowest BCUT2D eigenvalue weighted by Gasteiger charge is -2.42. The Morgan fingerprint density at radius 3 is 2.52 bits per heavy atom. The molecule has 23 heavy (non-hydrogen) atoms. The van der Waals surface area contributed by atoms with Crippen LogP contribution in [0.4, 0.5) is 0 Å². The zero-order valence-electron chi connectivity index (χ0n) is 14.6. The third-order valence-electron chi connectivity index (χ3n) is 4.54. The summed E-state index contributed by atoms with van der Waals surface area (Å²) in [5.41, 5.74) is 7.51. The van der Waals surface area contributed by atoms with Gasteiger partial charge in [0.25, 0.3) is 11.8 Å². The Balaban J connectivity index is 2.22. The number of carbonyl (C=O) groups is 2. The zero-order valence-corrected chi connectivity index (χ0v) is 14.6. The van der Waals surface area contributed by atoms with Gasteiger partial charge in [0, 0.05) is 33.2 Å². The van der Waals surface area contributed by atoms with E-state index in [-0.39, 0.29) is 23.3 Å². The topological polar surface area (TPSA) is 79.5 Å². The molecular weight excluding hydrogens is 292 g/mol. The van der Waals surface area contributed by atoms with Gasteiger partial charge in [0.2, 0.25) is 0 Å². The van der Waals surface area contributed by atoms with Crippen molar-refractivity contribution < 1.29 is 9.59 Å². The fraction of sp³-hybridized carbons (Fsp3) is 0.588. The Labute approximate surface area is 137 Å². The van der Waals surface area contributed by atoms with Gasteiger partial charge in [-0.15, -0.1) is 0 Å². The molecule has 0 saturated carbocycles. The van der Waals surface area contributed by atoms with E-state index in [2.05, 4.69) is 18.8 Å². The average Bonchev–Trinajstić information content (AvgIpc) is 2.48. The lowest BCUT2D eigenvalue weighted by Crippen LogP contribution is -2.54. The molecule has 1 atom stereocenters. The molecule has 2 N–H and O–H groups in total. The van der Waals surface area contributed by atoms with Gasteiger partial charge in [-0.05, 0) is 30.9 Å². The summed E-state index contributed by atoms with van der Waals surface area (Å²) in [7, 11) is 3.36. The van der Waals surface area contributed by atoms with Gasteiger partial charge in [0.1, 0.15) is 5.69 Å². The number of piperidine rings is 1. The number of amides is 2. The Bertz CT molecular complexity index is 625. The van der Waals surface area contributed by atoms with E-state index < -0.39 is 0 Å². The Morgan fingerprint density at radius 1 is 1.35 bits per heavy atom. The largest absolute Gasteiger partial charge is 0.343 e. The van der Waals surface area contributed by atoms with Crippen LogP contribution in [-0.4, -0.2) is 59.8 Å². The van der Waals surface area contributed by atoms with E-state index in [9.17, 15) is 9.59 Å². The van der Waals surface area contributed by atoms with Gasteiger partial charge in [-0.1, -0.05) is 13.8 Å². The highest BCUT2D eigenvalue weighted by Gasteiger charge is 2.36. The first-order valence-electron chi connectivity index (χ1n) is 7.87. The number of nitrogens with two attached hydrogens (primary N) is 1. The second kappa shape index (κ2) is 6.28. The Morgan fingerprint density at radius 2 is 2.00 bits per heavy atom. The van der Waals surface area contributed by atoms with Gasteiger partial charge in [0.05, 0.1) is 11.3 Å². The van der Waals surface area contributed by atoms with Gasteiger partial charge >= 0.3 is 0 Å². The number of likely N-dealkylation sites (tertiary alicyclic amines) is 1. The van der Waals surface area contributed by atoms with Crippen molar-refractivity contribution in [3.8, 4) is 0 Å². The molecule has 6 nitrogen and oxygen atoms in total. The number of nitrogens with zero attached hydrogens (tertiary/aromatic N) is 3. The van der Waals surface area contributed by atoms with E-state index in [1.54, 1.807) is 33.2 Å². The summed E-state index contributed by atoms with van der Waals surface area (Å²) in [6, 6.07) is 3.41. The van der Waals surface area contributed by atoms with E-state index in [4.69, 9.17) is 5.73 Å². The van der Waals surface area contributed by atoms with Crippen LogP contribution in [-0.2, 0) is 0 Å². The number of aryl methyl sites for hydroxylation is 1. The molecule has 0 spiro atoms. The maximum absolute atomic E-state index is 12.8. The number of rotatable bonds is 2. The fourth-order valence-corrected chi connectivity index (χ4v) is 2.85. The molecular formula is C17H26N4O2. The molecule has 1 aliphatic rings. The van der Waals surface area contributed by atoms with Crippen molar-refractivity contribution in [1.82, 2.24) is 14.8 Å². The first kappa shape index (κ1) is 17.4. The summed E-state index contributed by atoms with van der Waals surface area (Å²) in [5.74, 6) is -0.212. The van der Waals surface area contributed by atoms with Crippen molar-refractivity contribution in [2.75, 3.05) is 27.2 Å². The van der Waals surface area contributed by atoms with Crippen LogP contribution in [0.1, 0.15) is 46.8 Å². The first-order valence-corrected chi connectivity index (χ1v) is 7.87. The van der Waals surface area contributed by atoms with E-state index in [1.807, 2.05) is 4.90 Å². The van der Waals surface area contributed by atoms with Crippen LogP contribution in [0.15, 0.2) is 12.1 Å². The molecule has 2 heterocycles. The van der Waals surface area contributed by atoms with Crippen molar-refractivity contribution in [1.29, 1.82) is 0 Å². The van der Waals surface area contributed by atoms with Crippen molar-refractivity contribution in [3.05, 3.63) is 29.1 Å². The van der Waals surface area contributed by atoms with Gasteiger partial charge in [0.15, 0.2) is 0 Å². The standard InChI is InChI=1S/C17H26N4O2/c1-11-12(6-7-13(19-11)16(23)20(4)5)15(22)21-9-8-14(18)17(2,3)10-21/h6-7,14H,8-10,18H2,1-5H3. The maximum atomic E-state index is 12.8. The molecule has 0 aliphatic carbocycles. The minimum Gasteiger partial charge on any atom is -0.343 e. The minimum atomic E-state index is -0.169. The van der Waals surface area contributed by atoms with Gasteiger partial charge in [-0.25, -0.2) is 4.98 Å². The Hall–Kier alpha value is -1.95. The minimum absolute atomic E-state index is 0.0428. The van der Waals surface area contributed by atoms with Crippen LogP contribution in [0, 0.1) is 12.3 Å². The lowest BCUT2D eigenvalue weighted by molar-refractivity contribution is 0.0531. The summed E-state index contributed by atoms with van der Waals surface area (Å²) in [5, 5.41) is 0. The molecule has 1 saturated heterocycles. The molecule has 126 valence electrons. The van der Waals surface area contributed by atoms with E-state index in [0.29, 0.717) is 30.0 Å². The molecule has 2 amide bonds. The highest BCUT2D eigenvalue weighted by Crippen LogP contribution is 2.28. The third kappa shape index (κ3) is 3.52. The van der Waals surface area contributed by atoms with Crippen molar-refractivity contribution in [3.63, 3.8) is 0 Å². The highest BCUT2D eigenvalue weighted by molar-refractivity contribution is 5.97. The monoisotopic (exact) mass is 318 g/mol. The quantitative estimate of drug-likeness (QED) is 0.891. The van der Waals surface area contributed by atoms with E-state index in [0.717, 1.165) is 6.42 Å². The van der Waals surface area contributed by atoms with Crippen LogP contribution < -0.4 is 5.73 Å². The molecule has 0 aromatic carbocycles. The van der Waals surface area contributed by atoms with Gasteiger partial charge in [-0.2, -0.15) is 0 Å². The van der Waals surface area contributed by atoms with Crippen LogP contribution in [0.5, 0.6) is 0 Å². The van der Waals surface area contributed by atoms with Gasteiger partial charge in [-0.3, -0.25) is 9.59 Å². The summed E-state index contributed by atoms with van der Waals surface area (Å²) in [6.45, 7) is 7.22. The van der Waals surface area contributed by atoms with E-state index in [1.165, 1.54) is 4.90 Å². The SMILES string of the molecule is Cc1nc(C(=O)N(C)C)ccc1C(=O)N1CCC(N)C(C)(C)C1. The van der Waals surface area contributed by atoms with Crippen LogP contribution >= 0.6 is 0 Å². The molecule has 1 aromatic rings. The first-order chi connectivity index (χ1) is 10.6. The lowest BCUT2D eigenvalue weighted by atomic mass is 9.79. The molecule has 2 rings (SSSR count). The zero-order chi connectivity index (χ0) is 17.4. The summed E-state index contributed by atoms with van der Waals surface area (Å²) >= 11 is 0. The van der Waals surface area contributed by atoms with Crippen LogP contribution in [0.2, 0.25) is 0 Å². The fourth-order valence-electron chi connectivity index (χ4n) is 2.85. The van der Waals surface area contributed by atoms with Gasteiger partial charge < -0.3 is 15.5 Å².